The van der Waals surface area contributed by atoms with Gasteiger partial charge in [0.2, 0.25) is 0 Å². The van der Waals surface area contributed by atoms with Crippen molar-refractivity contribution in [1.82, 2.24) is 9.88 Å². The monoisotopic (exact) mass is 198 g/mol. The van der Waals surface area contributed by atoms with Crippen molar-refractivity contribution in [2.24, 2.45) is 0 Å². The minimum Gasteiger partial charge on any atom is -0.390 e. The standard InChI is InChI=1S/C9H11ClN2O/c10-9-2-1-7(3-11-9)4-12-5-8(13)6-12/h1-3,8,13H,4-6H2. The van der Waals surface area contributed by atoms with Gasteiger partial charge in [0.05, 0.1) is 6.10 Å². The van der Waals surface area contributed by atoms with Gasteiger partial charge in [0.15, 0.2) is 0 Å². The Morgan fingerprint density at radius 1 is 1.54 bits per heavy atom. The van der Waals surface area contributed by atoms with Gasteiger partial charge in [0.1, 0.15) is 5.15 Å². The van der Waals surface area contributed by atoms with E-state index in [4.69, 9.17) is 16.7 Å². The number of pyridine rings is 1. The molecule has 0 saturated carbocycles. The lowest BCUT2D eigenvalue weighted by molar-refractivity contribution is -0.00291. The summed E-state index contributed by atoms with van der Waals surface area (Å²) in [5.74, 6) is 0. The van der Waals surface area contributed by atoms with Crippen molar-refractivity contribution in [3.05, 3.63) is 29.0 Å². The molecule has 0 amide bonds. The van der Waals surface area contributed by atoms with Gasteiger partial charge in [-0.3, -0.25) is 4.90 Å². The van der Waals surface area contributed by atoms with Gasteiger partial charge < -0.3 is 5.11 Å². The topological polar surface area (TPSA) is 36.4 Å². The van der Waals surface area contributed by atoms with Crippen molar-refractivity contribution in [2.45, 2.75) is 12.6 Å². The van der Waals surface area contributed by atoms with Gasteiger partial charge >= 0.3 is 0 Å². The van der Waals surface area contributed by atoms with Crippen molar-refractivity contribution in [1.29, 1.82) is 0 Å². The van der Waals surface area contributed by atoms with Crippen LogP contribution in [-0.2, 0) is 6.54 Å². The summed E-state index contributed by atoms with van der Waals surface area (Å²) in [5, 5.41) is 9.58. The molecule has 1 aliphatic heterocycles. The first-order chi connectivity index (χ1) is 6.24. The molecular weight excluding hydrogens is 188 g/mol. The van der Waals surface area contributed by atoms with Crippen LogP contribution in [0.5, 0.6) is 0 Å². The molecule has 1 aromatic heterocycles. The van der Waals surface area contributed by atoms with Crippen LogP contribution < -0.4 is 0 Å². The molecule has 1 saturated heterocycles. The SMILES string of the molecule is OC1CN(Cc2ccc(Cl)nc2)C1. The predicted octanol–water partition coefficient (Wildman–Crippen LogP) is 0.911. The molecule has 2 heterocycles. The van der Waals surface area contributed by atoms with E-state index in [1.165, 1.54) is 0 Å². The third-order valence-corrected chi connectivity index (χ3v) is 2.36. The van der Waals surface area contributed by atoms with E-state index in [2.05, 4.69) is 9.88 Å². The van der Waals surface area contributed by atoms with Gasteiger partial charge in [-0.2, -0.15) is 0 Å². The molecule has 1 fully saturated rings. The van der Waals surface area contributed by atoms with E-state index in [9.17, 15) is 0 Å². The van der Waals surface area contributed by atoms with Crippen LogP contribution in [0.1, 0.15) is 5.56 Å². The molecule has 0 spiro atoms. The average Bonchev–Trinajstić information content (AvgIpc) is 2.06. The van der Waals surface area contributed by atoms with Crippen molar-refractivity contribution in [2.75, 3.05) is 13.1 Å². The minimum absolute atomic E-state index is 0.139. The van der Waals surface area contributed by atoms with Crippen LogP contribution in [0.4, 0.5) is 0 Å². The molecule has 0 radical (unpaired) electrons. The van der Waals surface area contributed by atoms with Crippen molar-refractivity contribution in [3.63, 3.8) is 0 Å². The first-order valence-electron chi connectivity index (χ1n) is 4.25. The quantitative estimate of drug-likeness (QED) is 0.718. The predicted molar refractivity (Wildman–Crippen MR) is 50.5 cm³/mol. The second-order valence-corrected chi connectivity index (χ2v) is 3.72. The number of likely N-dealkylation sites (tertiary alicyclic amines) is 1. The number of aliphatic hydroxyl groups excluding tert-OH is 1. The maximum atomic E-state index is 9.06. The normalized spacial score (nSPS) is 18.6. The number of hydrogen-bond acceptors (Lipinski definition) is 3. The first kappa shape index (κ1) is 8.94. The van der Waals surface area contributed by atoms with E-state index in [0.717, 1.165) is 25.2 Å². The molecule has 3 nitrogen and oxygen atoms in total. The van der Waals surface area contributed by atoms with Crippen LogP contribution in [0, 0.1) is 0 Å². The molecular formula is C9H11ClN2O. The van der Waals surface area contributed by atoms with E-state index in [1.54, 1.807) is 12.3 Å². The Kier molecular flexibility index (Phi) is 2.49. The van der Waals surface area contributed by atoms with Gasteiger partial charge in [-0.25, -0.2) is 4.98 Å². The molecule has 2 rings (SSSR count). The molecule has 0 aromatic carbocycles. The smallest absolute Gasteiger partial charge is 0.129 e. The fourth-order valence-corrected chi connectivity index (χ4v) is 1.54. The Hall–Kier alpha value is -0.640. The number of aliphatic hydroxyl groups is 1. The van der Waals surface area contributed by atoms with Gasteiger partial charge in [-0.1, -0.05) is 17.7 Å². The lowest BCUT2D eigenvalue weighted by atomic mass is 10.1. The molecule has 13 heavy (non-hydrogen) atoms. The Labute approximate surface area is 82.0 Å². The lowest BCUT2D eigenvalue weighted by Crippen LogP contribution is -2.49. The van der Waals surface area contributed by atoms with Crippen molar-refractivity contribution >= 4 is 11.6 Å². The Morgan fingerprint density at radius 3 is 2.85 bits per heavy atom. The van der Waals surface area contributed by atoms with Crippen LogP contribution in [0.25, 0.3) is 0 Å². The number of hydrogen-bond donors (Lipinski definition) is 1. The van der Waals surface area contributed by atoms with E-state index >= 15 is 0 Å². The average molecular weight is 199 g/mol. The summed E-state index contributed by atoms with van der Waals surface area (Å²) in [6.45, 7) is 2.38. The molecule has 0 aliphatic carbocycles. The number of rotatable bonds is 2. The highest BCUT2D eigenvalue weighted by Gasteiger charge is 2.23. The Bertz CT molecular complexity index is 282. The first-order valence-corrected chi connectivity index (χ1v) is 4.63. The van der Waals surface area contributed by atoms with Gasteiger partial charge in [0.25, 0.3) is 0 Å². The zero-order valence-corrected chi connectivity index (χ0v) is 7.91. The minimum atomic E-state index is -0.139. The third kappa shape index (κ3) is 2.18. The number of aromatic nitrogens is 1. The summed E-state index contributed by atoms with van der Waals surface area (Å²) >= 11 is 5.65. The highest BCUT2D eigenvalue weighted by Crippen LogP contribution is 2.13. The second kappa shape index (κ2) is 3.62. The molecule has 0 atom stereocenters. The van der Waals surface area contributed by atoms with E-state index in [0.29, 0.717) is 5.15 Å². The van der Waals surface area contributed by atoms with Crippen molar-refractivity contribution < 1.29 is 5.11 Å². The maximum absolute atomic E-state index is 9.06. The third-order valence-electron chi connectivity index (χ3n) is 2.13. The van der Waals surface area contributed by atoms with Gasteiger partial charge in [0, 0.05) is 25.8 Å². The molecule has 0 unspecified atom stereocenters. The molecule has 1 N–H and O–H groups in total. The van der Waals surface area contributed by atoms with Crippen LogP contribution >= 0.6 is 11.6 Å². The van der Waals surface area contributed by atoms with Crippen LogP contribution in [0.3, 0.4) is 0 Å². The molecule has 70 valence electrons. The summed E-state index contributed by atoms with van der Waals surface area (Å²) in [6.07, 6.45) is 1.63. The van der Waals surface area contributed by atoms with E-state index in [-0.39, 0.29) is 6.10 Å². The summed E-state index contributed by atoms with van der Waals surface area (Å²) in [4.78, 5) is 6.15. The fraction of sp³-hybridized carbons (Fsp3) is 0.444. The van der Waals surface area contributed by atoms with Crippen LogP contribution in [0.15, 0.2) is 18.3 Å². The second-order valence-electron chi connectivity index (χ2n) is 3.34. The number of β-amino-alcohol motifs (C(OH)–C–C–N with tert-alkyl or cyclic N) is 1. The van der Waals surface area contributed by atoms with Gasteiger partial charge in [-0.05, 0) is 11.6 Å². The largest absolute Gasteiger partial charge is 0.390 e. The molecule has 4 heteroatoms. The van der Waals surface area contributed by atoms with Crippen molar-refractivity contribution in [3.8, 4) is 0 Å². The molecule has 1 aromatic rings. The van der Waals surface area contributed by atoms with Crippen LogP contribution in [-0.4, -0.2) is 34.2 Å². The lowest BCUT2D eigenvalue weighted by Gasteiger charge is -2.35. The zero-order chi connectivity index (χ0) is 9.26. The number of halogens is 1. The summed E-state index contributed by atoms with van der Waals surface area (Å²) in [6, 6.07) is 3.74. The zero-order valence-electron chi connectivity index (χ0n) is 7.15. The summed E-state index contributed by atoms with van der Waals surface area (Å²) in [7, 11) is 0. The summed E-state index contributed by atoms with van der Waals surface area (Å²) in [5.41, 5.74) is 1.14. The highest BCUT2D eigenvalue weighted by molar-refractivity contribution is 6.29. The summed E-state index contributed by atoms with van der Waals surface area (Å²) < 4.78 is 0. The Morgan fingerprint density at radius 2 is 2.31 bits per heavy atom. The maximum Gasteiger partial charge on any atom is 0.129 e. The van der Waals surface area contributed by atoms with E-state index in [1.807, 2.05) is 6.07 Å². The Balaban J connectivity index is 1.91. The number of nitrogens with zero attached hydrogens (tertiary/aromatic N) is 2. The van der Waals surface area contributed by atoms with E-state index < -0.39 is 0 Å². The molecule has 1 aliphatic rings. The fourth-order valence-electron chi connectivity index (χ4n) is 1.43. The highest BCUT2D eigenvalue weighted by atomic mass is 35.5. The van der Waals surface area contributed by atoms with Gasteiger partial charge in [-0.15, -0.1) is 0 Å². The van der Waals surface area contributed by atoms with Crippen LogP contribution in [0.2, 0.25) is 5.15 Å². The molecule has 0 bridgehead atoms.